The molecular formula is C15H15F9. The summed E-state index contributed by atoms with van der Waals surface area (Å²) in [6.45, 7) is 5.23. The summed E-state index contributed by atoms with van der Waals surface area (Å²) in [6.07, 6.45) is -21.9. The van der Waals surface area contributed by atoms with E-state index in [1.54, 1.807) is 20.8 Å². The Morgan fingerprint density at radius 1 is 0.625 bits per heavy atom. The fourth-order valence-corrected chi connectivity index (χ4v) is 2.21. The molecule has 0 aliphatic heterocycles. The molecule has 0 bridgehead atoms. The molecule has 0 fully saturated rings. The quantitative estimate of drug-likeness (QED) is 0.547. The van der Waals surface area contributed by atoms with Gasteiger partial charge in [-0.15, -0.1) is 0 Å². The smallest absolute Gasteiger partial charge is 0.170 e. The second kappa shape index (κ2) is 5.84. The lowest BCUT2D eigenvalue weighted by Gasteiger charge is -2.38. The van der Waals surface area contributed by atoms with Crippen molar-refractivity contribution in [3.8, 4) is 0 Å². The van der Waals surface area contributed by atoms with Crippen molar-refractivity contribution in [3.05, 3.63) is 35.4 Å². The average Bonchev–Trinajstić information content (AvgIpc) is 2.30. The number of hydrogen-bond acceptors (Lipinski definition) is 0. The second-order valence-corrected chi connectivity index (χ2v) is 6.52. The van der Waals surface area contributed by atoms with Gasteiger partial charge in [0.1, 0.15) is 0 Å². The molecule has 138 valence electrons. The van der Waals surface area contributed by atoms with E-state index >= 15 is 0 Å². The summed E-state index contributed by atoms with van der Waals surface area (Å²) in [6, 6.07) is 4.17. The summed E-state index contributed by atoms with van der Waals surface area (Å²) in [4.78, 5) is 0. The molecule has 1 aromatic rings. The zero-order valence-corrected chi connectivity index (χ0v) is 12.9. The summed E-state index contributed by atoms with van der Waals surface area (Å²) < 4.78 is 116. The van der Waals surface area contributed by atoms with Crippen molar-refractivity contribution >= 4 is 0 Å². The number of hydrogen-bond donors (Lipinski definition) is 0. The molecule has 9 heteroatoms. The van der Waals surface area contributed by atoms with Crippen LogP contribution >= 0.6 is 0 Å². The third-order valence-corrected chi connectivity index (χ3v) is 3.74. The molecule has 0 saturated heterocycles. The minimum Gasteiger partial charge on any atom is -0.170 e. The minimum atomic E-state index is -6.54. The van der Waals surface area contributed by atoms with E-state index in [4.69, 9.17) is 0 Å². The molecule has 0 aliphatic carbocycles. The van der Waals surface area contributed by atoms with Crippen LogP contribution in [0, 0.1) is 5.41 Å². The first kappa shape index (κ1) is 20.6. The summed E-state index contributed by atoms with van der Waals surface area (Å²) in [7, 11) is 0. The van der Waals surface area contributed by atoms with Crippen molar-refractivity contribution in [2.75, 3.05) is 0 Å². The van der Waals surface area contributed by atoms with Gasteiger partial charge < -0.3 is 0 Å². The lowest BCUT2D eigenvalue weighted by Crippen LogP contribution is -2.60. The van der Waals surface area contributed by atoms with Crippen molar-refractivity contribution in [1.82, 2.24) is 0 Å². The minimum absolute atomic E-state index is 0.451. The topological polar surface area (TPSA) is 0 Å². The molecule has 0 atom stereocenters. The molecule has 24 heavy (non-hydrogen) atoms. The van der Waals surface area contributed by atoms with Crippen LogP contribution < -0.4 is 0 Å². The fraction of sp³-hybridized carbons (Fsp3) is 0.600. The lowest BCUT2D eigenvalue weighted by molar-refractivity contribution is -0.426. The fourth-order valence-electron chi connectivity index (χ4n) is 2.21. The lowest BCUT2D eigenvalue weighted by atomic mass is 9.78. The molecule has 0 amide bonds. The van der Waals surface area contributed by atoms with Crippen LogP contribution in [0.4, 0.5) is 39.5 Å². The van der Waals surface area contributed by atoms with Gasteiger partial charge in [0.2, 0.25) is 0 Å². The number of halogens is 9. The van der Waals surface area contributed by atoms with Crippen LogP contribution in [-0.4, -0.2) is 18.5 Å². The highest BCUT2D eigenvalue weighted by atomic mass is 19.4. The van der Waals surface area contributed by atoms with Gasteiger partial charge >= 0.3 is 18.5 Å². The van der Waals surface area contributed by atoms with Gasteiger partial charge in [-0.25, -0.2) is 0 Å². The van der Waals surface area contributed by atoms with Crippen molar-refractivity contribution in [3.63, 3.8) is 0 Å². The van der Waals surface area contributed by atoms with E-state index in [2.05, 4.69) is 0 Å². The Hall–Kier alpha value is -1.41. The van der Waals surface area contributed by atoms with E-state index in [9.17, 15) is 39.5 Å². The Labute approximate surface area is 132 Å². The number of rotatable bonds is 2. The molecule has 0 heterocycles. The molecule has 0 radical (unpaired) electrons. The Bertz CT molecular complexity index is 517. The van der Waals surface area contributed by atoms with Crippen molar-refractivity contribution in [2.45, 2.75) is 51.1 Å². The maximum atomic E-state index is 12.9. The number of alkyl halides is 9. The first-order valence-electron chi connectivity index (χ1n) is 6.73. The molecule has 0 spiro atoms. The Kier molecular flexibility index (Phi) is 5.02. The third kappa shape index (κ3) is 3.64. The molecule has 0 saturated carbocycles. The molecule has 0 aromatic heterocycles. The molecule has 1 aromatic carbocycles. The van der Waals surface area contributed by atoms with Gasteiger partial charge in [0.15, 0.2) is 0 Å². The zero-order valence-electron chi connectivity index (χ0n) is 12.9. The molecule has 0 nitrogen and oxygen atoms in total. The highest BCUT2D eigenvalue weighted by Crippen LogP contribution is 2.60. The van der Waals surface area contributed by atoms with Gasteiger partial charge in [0, 0.05) is 6.42 Å². The summed E-state index contributed by atoms with van der Waals surface area (Å²) in [5, 5.41) is 0. The van der Waals surface area contributed by atoms with Crippen LogP contribution in [0.3, 0.4) is 0 Å². The molecular weight excluding hydrogens is 351 g/mol. The zero-order chi connectivity index (χ0) is 19.2. The SMILES string of the molecule is CC(C)(C)c1ccc(CC(C(F)(F)F)(C(F)(F)F)C(F)(F)F)cc1. The van der Waals surface area contributed by atoms with Gasteiger partial charge in [-0.1, -0.05) is 45.0 Å². The van der Waals surface area contributed by atoms with E-state index in [1.165, 1.54) is 12.1 Å². The predicted octanol–water partition coefficient (Wildman–Crippen LogP) is 6.20. The van der Waals surface area contributed by atoms with Crippen molar-refractivity contribution in [1.29, 1.82) is 0 Å². The Morgan fingerprint density at radius 3 is 1.21 bits per heavy atom. The standard InChI is InChI=1S/C15H15F9/c1-11(2,3)10-6-4-9(5-7-10)8-12(13(16,17)18,14(19,20)21)15(22,23)24/h4-7H,8H2,1-3H3. The Balaban J connectivity index is 3.44. The third-order valence-electron chi connectivity index (χ3n) is 3.74. The maximum absolute atomic E-state index is 12.9. The summed E-state index contributed by atoms with van der Waals surface area (Å²) in [5.41, 5.74) is -6.39. The second-order valence-electron chi connectivity index (χ2n) is 6.52. The van der Waals surface area contributed by atoms with Crippen LogP contribution in [0.25, 0.3) is 0 Å². The molecule has 1 rings (SSSR count). The molecule has 0 aliphatic rings. The normalized spacial score (nSPS) is 14.8. The summed E-state index contributed by atoms with van der Waals surface area (Å²) >= 11 is 0. The van der Waals surface area contributed by atoms with Crippen molar-refractivity contribution < 1.29 is 39.5 Å². The average molecular weight is 366 g/mol. The van der Waals surface area contributed by atoms with Gasteiger partial charge in [-0.2, -0.15) is 39.5 Å². The summed E-state index contributed by atoms with van der Waals surface area (Å²) in [5.74, 6) is 0. The van der Waals surface area contributed by atoms with E-state index in [-0.39, 0.29) is 0 Å². The predicted molar refractivity (Wildman–Crippen MR) is 69.4 cm³/mol. The highest BCUT2D eigenvalue weighted by molar-refractivity contribution is 5.29. The van der Waals surface area contributed by atoms with Gasteiger partial charge in [-0.3, -0.25) is 0 Å². The van der Waals surface area contributed by atoms with E-state index in [0.29, 0.717) is 5.56 Å². The number of benzene rings is 1. The Morgan fingerprint density at radius 2 is 0.958 bits per heavy atom. The van der Waals surface area contributed by atoms with Gasteiger partial charge in [0.05, 0.1) is 0 Å². The highest BCUT2D eigenvalue weighted by Gasteiger charge is 2.83. The first-order valence-corrected chi connectivity index (χ1v) is 6.73. The monoisotopic (exact) mass is 366 g/mol. The van der Waals surface area contributed by atoms with Crippen LogP contribution in [0.5, 0.6) is 0 Å². The van der Waals surface area contributed by atoms with E-state index < -0.39 is 41.3 Å². The molecule has 0 unspecified atom stereocenters. The van der Waals surface area contributed by atoms with Crippen molar-refractivity contribution in [2.24, 2.45) is 5.41 Å². The van der Waals surface area contributed by atoms with E-state index in [1.807, 2.05) is 0 Å². The first-order chi connectivity index (χ1) is 10.4. The van der Waals surface area contributed by atoms with Crippen LogP contribution in [0.2, 0.25) is 0 Å². The van der Waals surface area contributed by atoms with Crippen LogP contribution in [0.1, 0.15) is 31.9 Å². The largest absolute Gasteiger partial charge is 0.412 e. The van der Waals surface area contributed by atoms with Crippen LogP contribution in [0.15, 0.2) is 24.3 Å². The maximum Gasteiger partial charge on any atom is 0.412 e. The van der Waals surface area contributed by atoms with Crippen LogP contribution in [-0.2, 0) is 11.8 Å². The molecule has 0 N–H and O–H groups in total. The van der Waals surface area contributed by atoms with Gasteiger partial charge in [0.25, 0.3) is 5.41 Å². The van der Waals surface area contributed by atoms with Gasteiger partial charge in [-0.05, 0) is 16.5 Å². The van der Waals surface area contributed by atoms with E-state index in [0.717, 1.165) is 12.1 Å².